The van der Waals surface area contributed by atoms with E-state index in [1.807, 2.05) is 61.5 Å². The van der Waals surface area contributed by atoms with E-state index in [2.05, 4.69) is 4.90 Å². The van der Waals surface area contributed by atoms with Crippen molar-refractivity contribution in [1.29, 1.82) is 0 Å². The Morgan fingerprint density at radius 2 is 1.97 bits per heavy atom. The largest absolute Gasteiger partial charge is 0.371 e. The summed E-state index contributed by atoms with van der Waals surface area (Å²) in [6, 6.07) is 14.4. The number of likely N-dealkylation sites (N-methyl/N-ethyl adjacent to an activating group) is 1. The van der Waals surface area contributed by atoms with Gasteiger partial charge in [-0.05, 0) is 44.8 Å². The summed E-state index contributed by atoms with van der Waals surface area (Å²) in [5.41, 5.74) is 0.904. The van der Waals surface area contributed by atoms with Gasteiger partial charge in [-0.15, -0.1) is 0 Å². The van der Waals surface area contributed by atoms with Crippen molar-refractivity contribution in [2.45, 2.75) is 44.2 Å². The van der Waals surface area contributed by atoms with Crippen LogP contribution in [0.15, 0.2) is 42.5 Å². The van der Waals surface area contributed by atoms with Crippen LogP contribution in [0.3, 0.4) is 0 Å². The van der Waals surface area contributed by atoms with Crippen molar-refractivity contribution in [2.24, 2.45) is 0 Å². The van der Waals surface area contributed by atoms with Crippen molar-refractivity contribution in [2.75, 3.05) is 46.9 Å². The first-order valence-corrected chi connectivity index (χ1v) is 13.0. The Balaban J connectivity index is 1.44. The van der Waals surface area contributed by atoms with Crippen LogP contribution < -0.4 is 3.89 Å². The number of carbonyl (C=O) groups excluding carboxylic acids is 1. The number of quaternary nitrogens is 1. The zero-order valence-corrected chi connectivity index (χ0v) is 20.5. The molecule has 0 spiro atoms. The normalized spacial score (nSPS) is 26.7. The summed E-state index contributed by atoms with van der Waals surface area (Å²) >= 11 is -2.07. The molecule has 0 aromatic heterocycles. The lowest BCUT2D eigenvalue weighted by molar-refractivity contribution is -0.135. The summed E-state index contributed by atoms with van der Waals surface area (Å²) in [7, 11) is 4.09. The number of fused-ring (bicyclic) bond motifs is 1. The summed E-state index contributed by atoms with van der Waals surface area (Å²) in [5.74, 6) is 0.0311. The Kier molecular flexibility index (Phi) is 7.81. The van der Waals surface area contributed by atoms with E-state index in [9.17, 15) is 13.6 Å². The Bertz CT molecular complexity index is 995. The number of rotatable bonds is 8. The van der Waals surface area contributed by atoms with Gasteiger partial charge in [-0.25, -0.2) is 0 Å². The second kappa shape index (κ2) is 10.6. The van der Waals surface area contributed by atoms with Gasteiger partial charge in [0.15, 0.2) is 5.69 Å². The fraction of sp³-hybridized carbons (Fsp3) is 0.560. The molecule has 4 rings (SSSR count). The first-order chi connectivity index (χ1) is 15.9. The van der Waals surface area contributed by atoms with Gasteiger partial charge in [0.1, 0.15) is 12.6 Å². The van der Waals surface area contributed by atoms with Gasteiger partial charge < -0.3 is 14.5 Å². The van der Waals surface area contributed by atoms with Crippen molar-refractivity contribution >= 4 is 33.6 Å². The quantitative estimate of drug-likeness (QED) is 0.361. The van der Waals surface area contributed by atoms with E-state index in [0.29, 0.717) is 25.6 Å². The van der Waals surface area contributed by atoms with E-state index in [-0.39, 0.29) is 22.4 Å². The first kappa shape index (κ1) is 24.3. The maximum absolute atomic E-state index is 12.9. The highest BCUT2D eigenvalue weighted by atomic mass is 32.2. The van der Waals surface area contributed by atoms with Gasteiger partial charge in [-0.1, -0.05) is 30.3 Å². The minimum Gasteiger partial charge on any atom is -0.371 e. The number of hydrogen-bond acceptors (Lipinski definition) is 4. The number of amides is 1. The molecule has 0 aliphatic carbocycles. The van der Waals surface area contributed by atoms with Crippen molar-refractivity contribution in [1.82, 2.24) is 13.7 Å². The van der Waals surface area contributed by atoms with Crippen LogP contribution in [0.4, 0.5) is 5.69 Å². The van der Waals surface area contributed by atoms with Gasteiger partial charge in [0.25, 0.3) is 0 Å². The smallest absolute Gasteiger partial charge is 0.364 e. The second-order valence-corrected chi connectivity index (χ2v) is 10.6. The zero-order chi connectivity index (χ0) is 23.4. The molecule has 2 saturated heterocycles. The van der Waals surface area contributed by atoms with Crippen LogP contribution in [0, 0.1) is 0 Å². The molecule has 2 aliphatic rings. The number of carbonyl (C=O) groups is 1. The Morgan fingerprint density at radius 3 is 2.73 bits per heavy atom. The highest BCUT2D eigenvalue weighted by molar-refractivity contribution is 7.78. The number of piperidine rings is 1. The zero-order valence-electron chi connectivity index (χ0n) is 19.7. The Morgan fingerprint density at radius 1 is 1.18 bits per heavy atom. The van der Waals surface area contributed by atoms with E-state index in [0.717, 1.165) is 55.2 Å². The van der Waals surface area contributed by atoms with Crippen LogP contribution in [0.5, 0.6) is 0 Å². The third-order valence-electron chi connectivity index (χ3n) is 7.39. The van der Waals surface area contributed by atoms with Crippen LogP contribution in [0.2, 0.25) is 0 Å². The molecule has 2 aromatic carbocycles. The van der Waals surface area contributed by atoms with Crippen molar-refractivity contribution in [3.63, 3.8) is 0 Å². The molecular formula is C25H36N3O4S+. The van der Waals surface area contributed by atoms with Crippen LogP contribution >= 0.6 is 0 Å². The third-order valence-corrected chi connectivity index (χ3v) is 8.62. The lowest BCUT2D eigenvalue weighted by Gasteiger charge is -2.43. The van der Waals surface area contributed by atoms with E-state index in [4.69, 9.17) is 4.74 Å². The van der Waals surface area contributed by atoms with Crippen LogP contribution in [-0.2, 0) is 20.8 Å². The maximum Gasteiger partial charge on any atom is 0.364 e. The van der Waals surface area contributed by atoms with Gasteiger partial charge in [0.05, 0.1) is 13.2 Å². The van der Waals surface area contributed by atoms with Crippen LogP contribution in [-0.4, -0.2) is 83.5 Å². The lowest BCUT2D eigenvalue weighted by Crippen LogP contribution is -2.60. The molecule has 33 heavy (non-hydrogen) atoms. The molecule has 2 fully saturated rings. The highest BCUT2D eigenvalue weighted by Gasteiger charge is 2.48. The standard InChI is InChI=1S/C25H35N3O4S/c1-26(2)21-13-15-27(18-21)25(29)19-32-17-14-22-10-5-6-16-28(22,33(30)31)24-12-7-9-20-8-3-4-11-23(20)24/h3-4,7-9,11-12,21-22H,5-6,10,13-19H2,1-2H3/p+1. The molecular weight excluding hydrogens is 438 g/mol. The molecule has 4 atom stereocenters. The van der Waals surface area contributed by atoms with E-state index < -0.39 is 11.3 Å². The van der Waals surface area contributed by atoms with Gasteiger partial charge in [0, 0.05) is 43.4 Å². The van der Waals surface area contributed by atoms with Crippen LogP contribution in [0.1, 0.15) is 32.1 Å². The number of ether oxygens (including phenoxy) is 1. The van der Waals surface area contributed by atoms with E-state index in [1.54, 1.807) is 0 Å². The predicted molar refractivity (Wildman–Crippen MR) is 133 cm³/mol. The fourth-order valence-electron chi connectivity index (χ4n) is 5.48. The minimum atomic E-state index is -2.07. The van der Waals surface area contributed by atoms with Crippen LogP contribution in [0.25, 0.3) is 10.8 Å². The molecule has 0 bridgehead atoms. The number of benzene rings is 2. The molecule has 1 amide bonds. The summed E-state index contributed by atoms with van der Waals surface area (Å²) in [5, 5.41) is 2.10. The number of likely N-dealkylation sites (tertiary alicyclic amines) is 1. The van der Waals surface area contributed by atoms with Gasteiger partial charge in [-0.2, -0.15) is 8.10 Å². The summed E-state index contributed by atoms with van der Waals surface area (Å²) in [4.78, 5) is 16.6. The fourth-order valence-corrected chi connectivity index (χ4v) is 6.55. The van der Waals surface area contributed by atoms with E-state index >= 15 is 0 Å². The lowest BCUT2D eigenvalue weighted by atomic mass is 9.97. The molecule has 2 heterocycles. The minimum absolute atomic E-state index is 0.0311. The topological polar surface area (TPSA) is 70.1 Å². The molecule has 0 radical (unpaired) electrons. The molecule has 8 heteroatoms. The molecule has 4 unspecified atom stereocenters. The Labute approximate surface area is 199 Å². The van der Waals surface area contributed by atoms with Crippen molar-refractivity contribution < 1.29 is 18.3 Å². The molecule has 2 aromatic rings. The molecule has 7 nitrogen and oxygen atoms in total. The molecule has 2 aliphatic heterocycles. The third kappa shape index (κ3) is 5.00. The average Bonchev–Trinajstić information content (AvgIpc) is 3.32. The average molecular weight is 475 g/mol. The van der Waals surface area contributed by atoms with Crippen molar-refractivity contribution in [3.05, 3.63) is 42.5 Å². The first-order valence-electron chi connectivity index (χ1n) is 11.9. The molecule has 1 N–H and O–H groups in total. The summed E-state index contributed by atoms with van der Waals surface area (Å²) in [6.45, 7) is 2.63. The second-order valence-electron chi connectivity index (χ2n) is 9.48. The monoisotopic (exact) mass is 474 g/mol. The Hall–Kier alpha value is -1.84. The molecule has 180 valence electrons. The maximum atomic E-state index is 12.9. The SMILES string of the molecule is CN(C)C1CCN(C(=O)COCCC2CCCC[N+]2(c2cccc3ccccc23)S(=O)O)C1. The van der Waals surface area contributed by atoms with Gasteiger partial charge >= 0.3 is 11.3 Å². The number of nitrogens with zero attached hydrogens (tertiary/aromatic N) is 3. The molecule has 0 saturated carbocycles. The van der Waals surface area contributed by atoms with Gasteiger partial charge in [-0.3, -0.25) is 9.35 Å². The number of hydrogen-bond donors (Lipinski definition) is 1. The van der Waals surface area contributed by atoms with Gasteiger partial charge in [0.2, 0.25) is 5.91 Å². The summed E-state index contributed by atoms with van der Waals surface area (Å²) in [6.07, 6.45) is 4.44. The predicted octanol–water partition coefficient (Wildman–Crippen LogP) is 3.41. The van der Waals surface area contributed by atoms with E-state index in [1.165, 1.54) is 0 Å². The van der Waals surface area contributed by atoms with Crippen molar-refractivity contribution in [3.8, 4) is 0 Å². The summed E-state index contributed by atoms with van der Waals surface area (Å²) < 4.78 is 29.4. The highest BCUT2D eigenvalue weighted by Crippen LogP contribution is 2.40.